The first kappa shape index (κ1) is 16.5. The molecule has 0 aromatic heterocycles. The van der Waals surface area contributed by atoms with Gasteiger partial charge in [-0.05, 0) is 57.1 Å². The van der Waals surface area contributed by atoms with Gasteiger partial charge in [0.25, 0.3) is 0 Å². The third kappa shape index (κ3) is 6.16. The van der Waals surface area contributed by atoms with Crippen LogP contribution in [-0.2, 0) is 13.1 Å². The molecule has 1 aromatic carbocycles. The Hall–Kier alpha value is -0.900. The summed E-state index contributed by atoms with van der Waals surface area (Å²) in [5, 5.41) is 3.47. The van der Waals surface area contributed by atoms with Crippen LogP contribution < -0.4 is 5.32 Å². The van der Waals surface area contributed by atoms with Crippen LogP contribution in [0.3, 0.4) is 0 Å². The van der Waals surface area contributed by atoms with Gasteiger partial charge in [0, 0.05) is 26.2 Å². The molecule has 1 aliphatic rings. The van der Waals surface area contributed by atoms with E-state index in [1.807, 2.05) is 0 Å². The number of nitrogens with one attached hydrogen (secondary N) is 1. The molecule has 0 bridgehead atoms. The summed E-state index contributed by atoms with van der Waals surface area (Å²) < 4.78 is 0. The van der Waals surface area contributed by atoms with E-state index in [9.17, 15) is 0 Å². The van der Waals surface area contributed by atoms with E-state index in [1.165, 1.54) is 50.0 Å². The summed E-state index contributed by atoms with van der Waals surface area (Å²) in [5.41, 5.74) is 2.82. The fraction of sp³-hybridized carbons (Fsp3) is 0.667. The predicted molar refractivity (Wildman–Crippen MR) is 90.4 cm³/mol. The summed E-state index contributed by atoms with van der Waals surface area (Å²) in [5.74, 6) is 0. The van der Waals surface area contributed by atoms with Crippen LogP contribution in [0.4, 0.5) is 0 Å². The maximum absolute atomic E-state index is 3.47. The molecular formula is C18H31N3. The molecule has 21 heavy (non-hydrogen) atoms. The van der Waals surface area contributed by atoms with Gasteiger partial charge in [-0.25, -0.2) is 0 Å². The van der Waals surface area contributed by atoms with Crippen molar-refractivity contribution < 1.29 is 0 Å². The summed E-state index contributed by atoms with van der Waals surface area (Å²) in [6.45, 7) is 10.3. The minimum atomic E-state index is 0.985. The second-order valence-corrected chi connectivity index (χ2v) is 6.28. The monoisotopic (exact) mass is 289 g/mol. The number of hydrogen-bond acceptors (Lipinski definition) is 3. The first-order valence-electron chi connectivity index (χ1n) is 8.47. The highest BCUT2D eigenvalue weighted by Gasteiger charge is 2.11. The molecule has 1 aromatic rings. The van der Waals surface area contributed by atoms with Crippen molar-refractivity contribution >= 4 is 0 Å². The lowest BCUT2D eigenvalue weighted by atomic mass is 10.1. The van der Waals surface area contributed by atoms with Crippen LogP contribution in [0.5, 0.6) is 0 Å². The van der Waals surface area contributed by atoms with Crippen molar-refractivity contribution in [2.45, 2.75) is 39.3 Å². The Bertz CT molecular complexity index is 399. The molecule has 118 valence electrons. The number of benzene rings is 1. The fourth-order valence-electron chi connectivity index (χ4n) is 2.96. The quantitative estimate of drug-likeness (QED) is 0.705. The molecule has 1 fully saturated rings. The smallest absolute Gasteiger partial charge is 0.0231 e. The van der Waals surface area contributed by atoms with Crippen LogP contribution in [0.1, 0.15) is 37.3 Å². The zero-order chi connectivity index (χ0) is 14.9. The molecule has 1 saturated heterocycles. The minimum Gasteiger partial charge on any atom is -0.313 e. The van der Waals surface area contributed by atoms with E-state index in [-0.39, 0.29) is 0 Å². The predicted octanol–water partition coefficient (Wildman–Crippen LogP) is 2.71. The average Bonchev–Trinajstić information content (AvgIpc) is 2.99. The molecule has 1 N–H and O–H groups in total. The third-order valence-corrected chi connectivity index (χ3v) is 4.20. The summed E-state index contributed by atoms with van der Waals surface area (Å²) in [4.78, 5) is 5.03. The SMILES string of the molecule is CCCNCc1cccc(CN(C)CCN2CCCC2)c1. The summed E-state index contributed by atoms with van der Waals surface area (Å²) in [6.07, 6.45) is 3.96. The lowest BCUT2D eigenvalue weighted by Gasteiger charge is -2.21. The van der Waals surface area contributed by atoms with Gasteiger partial charge in [-0.15, -0.1) is 0 Å². The number of likely N-dealkylation sites (N-methyl/N-ethyl adjacent to an activating group) is 1. The molecule has 1 heterocycles. The highest BCUT2D eigenvalue weighted by atomic mass is 15.2. The lowest BCUT2D eigenvalue weighted by Crippen LogP contribution is -2.31. The van der Waals surface area contributed by atoms with Crippen LogP contribution >= 0.6 is 0 Å². The molecule has 2 rings (SSSR count). The molecular weight excluding hydrogens is 258 g/mol. The normalized spacial score (nSPS) is 16.0. The van der Waals surface area contributed by atoms with Gasteiger partial charge in [0.1, 0.15) is 0 Å². The minimum absolute atomic E-state index is 0.985. The highest BCUT2D eigenvalue weighted by molar-refractivity contribution is 5.23. The maximum atomic E-state index is 3.47. The highest BCUT2D eigenvalue weighted by Crippen LogP contribution is 2.09. The van der Waals surface area contributed by atoms with E-state index in [1.54, 1.807) is 0 Å². The zero-order valence-electron chi connectivity index (χ0n) is 13.8. The molecule has 3 nitrogen and oxygen atoms in total. The first-order chi connectivity index (χ1) is 10.3. The van der Waals surface area contributed by atoms with Crippen molar-refractivity contribution in [2.24, 2.45) is 0 Å². The van der Waals surface area contributed by atoms with Crippen molar-refractivity contribution in [3.8, 4) is 0 Å². The molecule has 0 saturated carbocycles. The van der Waals surface area contributed by atoms with Crippen LogP contribution in [0.2, 0.25) is 0 Å². The standard InChI is InChI=1S/C18H31N3/c1-3-9-19-15-17-7-6-8-18(14-17)16-20(2)12-13-21-10-4-5-11-21/h6-8,14,19H,3-5,9-13,15-16H2,1-2H3. The van der Waals surface area contributed by atoms with Gasteiger partial charge in [0.15, 0.2) is 0 Å². The van der Waals surface area contributed by atoms with Crippen molar-refractivity contribution in [2.75, 3.05) is 39.8 Å². The molecule has 0 unspecified atom stereocenters. The van der Waals surface area contributed by atoms with E-state index in [0.717, 1.165) is 26.2 Å². The lowest BCUT2D eigenvalue weighted by molar-refractivity contribution is 0.252. The van der Waals surface area contributed by atoms with Crippen LogP contribution in [-0.4, -0.2) is 49.6 Å². The Morgan fingerprint density at radius 2 is 1.95 bits per heavy atom. The molecule has 0 radical (unpaired) electrons. The topological polar surface area (TPSA) is 18.5 Å². The largest absolute Gasteiger partial charge is 0.313 e. The molecule has 0 atom stereocenters. The van der Waals surface area contributed by atoms with E-state index in [0.29, 0.717) is 0 Å². The Kier molecular flexibility index (Phi) is 7.20. The Morgan fingerprint density at radius 3 is 2.71 bits per heavy atom. The van der Waals surface area contributed by atoms with E-state index < -0.39 is 0 Å². The Balaban J connectivity index is 1.74. The molecule has 0 aliphatic carbocycles. The molecule has 1 aliphatic heterocycles. The van der Waals surface area contributed by atoms with Gasteiger partial charge in [-0.2, -0.15) is 0 Å². The summed E-state index contributed by atoms with van der Waals surface area (Å²) >= 11 is 0. The fourth-order valence-corrected chi connectivity index (χ4v) is 2.96. The molecule has 3 heteroatoms. The van der Waals surface area contributed by atoms with Crippen molar-refractivity contribution in [1.29, 1.82) is 0 Å². The Labute approximate surface area is 130 Å². The van der Waals surface area contributed by atoms with Gasteiger partial charge in [0.05, 0.1) is 0 Å². The van der Waals surface area contributed by atoms with Crippen molar-refractivity contribution in [3.63, 3.8) is 0 Å². The number of rotatable bonds is 9. The van der Waals surface area contributed by atoms with Gasteiger partial charge < -0.3 is 15.1 Å². The zero-order valence-corrected chi connectivity index (χ0v) is 13.8. The second-order valence-electron chi connectivity index (χ2n) is 6.28. The Morgan fingerprint density at radius 1 is 1.19 bits per heavy atom. The number of nitrogens with zero attached hydrogens (tertiary/aromatic N) is 2. The van der Waals surface area contributed by atoms with E-state index >= 15 is 0 Å². The van der Waals surface area contributed by atoms with Crippen LogP contribution in [0.15, 0.2) is 24.3 Å². The van der Waals surface area contributed by atoms with Gasteiger partial charge in [0.2, 0.25) is 0 Å². The van der Waals surface area contributed by atoms with Crippen molar-refractivity contribution in [3.05, 3.63) is 35.4 Å². The van der Waals surface area contributed by atoms with Crippen LogP contribution in [0.25, 0.3) is 0 Å². The second kappa shape index (κ2) is 9.19. The van der Waals surface area contributed by atoms with E-state index in [4.69, 9.17) is 0 Å². The first-order valence-corrected chi connectivity index (χ1v) is 8.47. The number of likely N-dealkylation sites (tertiary alicyclic amines) is 1. The average molecular weight is 289 g/mol. The number of hydrogen-bond donors (Lipinski definition) is 1. The van der Waals surface area contributed by atoms with Crippen molar-refractivity contribution in [1.82, 2.24) is 15.1 Å². The molecule has 0 amide bonds. The summed E-state index contributed by atoms with van der Waals surface area (Å²) in [6, 6.07) is 8.99. The van der Waals surface area contributed by atoms with Gasteiger partial charge in [-0.1, -0.05) is 31.2 Å². The maximum Gasteiger partial charge on any atom is 0.0231 e. The van der Waals surface area contributed by atoms with Gasteiger partial charge >= 0.3 is 0 Å². The van der Waals surface area contributed by atoms with E-state index in [2.05, 4.69) is 53.4 Å². The third-order valence-electron chi connectivity index (χ3n) is 4.20. The van der Waals surface area contributed by atoms with Gasteiger partial charge in [-0.3, -0.25) is 0 Å². The molecule has 0 spiro atoms. The summed E-state index contributed by atoms with van der Waals surface area (Å²) in [7, 11) is 2.23. The van der Waals surface area contributed by atoms with Crippen LogP contribution in [0, 0.1) is 0 Å².